The van der Waals surface area contributed by atoms with Gasteiger partial charge >= 0.3 is 5.69 Å². The molecule has 0 saturated heterocycles. The number of benzene rings is 1. The third kappa shape index (κ3) is 2.34. The maximum Gasteiger partial charge on any atom is 0.301 e. The topological polar surface area (TPSA) is 123 Å². The summed E-state index contributed by atoms with van der Waals surface area (Å²) in [4.78, 5) is 15.1. The molecule has 0 spiro atoms. The number of hydrogen-bond donors (Lipinski definition) is 3. The normalized spacial score (nSPS) is 10.7. The quantitative estimate of drug-likeness (QED) is 0.497. The fraction of sp³-hybridized carbons (Fsp3) is 0.0769. The lowest BCUT2D eigenvalue weighted by Gasteiger charge is -2.08. The number of rotatable bonds is 4. The Morgan fingerprint density at radius 1 is 1.38 bits per heavy atom. The van der Waals surface area contributed by atoms with Crippen LogP contribution in [0, 0.1) is 10.1 Å². The zero-order chi connectivity index (χ0) is 14.8. The van der Waals surface area contributed by atoms with Gasteiger partial charge in [-0.2, -0.15) is 5.10 Å². The Morgan fingerprint density at radius 3 is 2.95 bits per heavy atom. The van der Waals surface area contributed by atoms with E-state index >= 15 is 0 Å². The number of aromatic nitrogens is 3. The molecule has 0 fully saturated rings. The molecule has 0 amide bonds. The van der Waals surface area contributed by atoms with Crippen LogP contribution in [0.3, 0.4) is 0 Å². The van der Waals surface area contributed by atoms with Crippen LogP contribution in [0.4, 0.5) is 17.2 Å². The molecule has 3 rings (SSSR count). The summed E-state index contributed by atoms with van der Waals surface area (Å²) in [5, 5.41) is 21.3. The standard InChI is InChI=1S/C13H12N6O2/c14-13-8(7-17-18-13)6-16-11-4-3-10-9(2-1-5-15-10)12(11)19(20)21/h1-5,7,16H,6H2,(H3,14,17,18). The summed E-state index contributed by atoms with van der Waals surface area (Å²) in [6, 6.07) is 6.73. The number of anilines is 2. The highest BCUT2D eigenvalue weighted by atomic mass is 16.6. The van der Waals surface area contributed by atoms with E-state index in [9.17, 15) is 10.1 Å². The number of hydrogen-bond acceptors (Lipinski definition) is 6. The van der Waals surface area contributed by atoms with Crippen LogP contribution in [0.2, 0.25) is 0 Å². The molecule has 2 aromatic heterocycles. The first-order valence-corrected chi connectivity index (χ1v) is 6.20. The molecule has 0 aliphatic carbocycles. The van der Waals surface area contributed by atoms with Gasteiger partial charge in [0, 0.05) is 18.3 Å². The van der Waals surface area contributed by atoms with Gasteiger partial charge in [0.1, 0.15) is 11.5 Å². The Labute approximate surface area is 119 Å². The first-order chi connectivity index (χ1) is 10.2. The monoisotopic (exact) mass is 284 g/mol. The maximum absolute atomic E-state index is 11.4. The zero-order valence-corrected chi connectivity index (χ0v) is 10.9. The lowest BCUT2D eigenvalue weighted by molar-refractivity contribution is -0.382. The highest BCUT2D eigenvalue weighted by molar-refractivity contribution is 5.94. The SMILES string of the molecule is Nc1[nH]ncc1CNc1ccc2ncccc2c1[N+](=O)[O-]. The maximum atomic E-state index is 11.4. The molecule has 4 N–H and O–H groups in total. The number of fused-ring (bicyclic) bond motifs is 1. The molecule has 8 heteroatoms. The van der Waals surface area contributed by atoms with Gasteiger partial charge in [0.15, 0.2) is 0 Å². The first-order valence-electron chi connectivity index (χ1n) is 6.20. The molecule has 3 aromatic rings. The summed E-state index contributed by atoms with van der Waals surface area (Å²) in [5.74, 6) is 0.438. The number of nitrogens with two attached hydrogens (primary N) is 1. The van der Waals surface area contributed by atoms with Crippen molar-refractivity contribution in [2.24, 2.45) is 0 Å². The summed E-state index contributed by atoms with van der Waals surface area (Å²) in [6.45, 7) is 0.342. The van der Waals surface area contributed by atoms with E-state index in [4.69, 9.17) is 5.73 Å². The van der Waals surface area contributed by atoms with Gasteiger partial charge in [0.05, 0.1) is 22.0 Å². The number of H-pyrrole nitrogens is 1. The molecule has 2 heterocycles. The number of nitrogens with zero attached hydrogens (tertiary/aromatic N) is 3. The van der Waals surface area contributed by atoms with Gasteiger partial charge in [0.2, 0.25) is 0 Å². The van der Waals surface area contributed by atoms with Crippen molar-refractivity contribution in [3.8, 4) is 0 Å². The Kier molecular flexibility index (Phi) is 3.11. The molecule has 21 heavy (non-hydrogen) atoms. The Bertz CT molecular complexity index is 813. The van der Waals surface area contributed by atoms with Crippen LogP contribution in [0.25, 0.3) is 10.9 Å². The highest BCUT2D eigenvalue weighted by Crippen LogP contribution is 2.32. The molecule has 8 nitrogen and oxygen atoms in total. The second-order valence-electron chi connectivity index (χ2n) is 4.45. The Hall–Kier alpha value is -3.16. The number of nitrogens with one attached hydrogen (secondary N) is 2. The second-order valence-corrected chi connectivity index (χ2v) is 4.45. The minimum absolute atomic E-state index is 0.00247. The van der Waals surface area contributed by atoms with Crippen LogP contribution in [-0.4, -0.2) is 20.1 Å². The van der Waals surface area contributed by atoms with Crippen LogP contribution in [0.15, 0.2) is 36.7 Å². The highest BCUT2D eigenvalue weighted by Gasteiger charge is 2.18. The van der Waals surface area contributed by atoms with Crippen LogP contribution >= 0.6 is 0 Å². The predicted octanol–water partition coefficient (Wildman–Crippen LogP) is 2.06. The van der Waals surface area contributed by atoms with Crippen LogP contribution in [0.1, 0.15) is 5.56 Å². The van der Waals surface area contributed by atoms with Gasteiger partial charge in [-0.25, -0.2) is 0 Å². The molecule has 0 saturated carbocycles. The van der Waals surface area contributed by atoms with Gasteiger partial charge in [-0.15, -0.1) is 0 Å². The van der Waals surface area contributed by atoms with E-state index in [1.54, 1.807) is 36.7 Å². The second kappa shape index (κ2) is 5.08. The number of nitro groups is 1. The molecular weight excluding hydrogens is 272 g/mol. The average molecular weight is 284 g/mol. The molecule has 0 unspecified atom stereocenters. The van der Waals surface area contributed by atoms with Crippen molar-refractivity contribution < 1.29 is 4.92 Å². The van der Waals surface area contributed by atoms with Gasteiger partial charge in [-0.1, -0.05) is 0 Å². The Balaban J connectivity index is 2.00. The molecule has 0 aliphatic heterocycles. The summed E-state index contributed by atoms with van der Waals surface area (Å²) < 4.78 is 0. The molecular formula is C13H12N6O2. The van der Waals surface area contributed by atoms with E-state index in [1.165, 1.54) is 0 Å². The van der Waals surface area contributed by atoms with Crippen molar-refractivity contribution in [1.29, 1.82) is 0 Å². The van der Waals surface area contributed by atoms with Gasteiger partial charge < -0.3 is 11.1 Å². The van der Waals surface area contributed by atoms with Crippen molar-refractivity contribution in [3.63, 3.8) is 0 Å². The van der Waals surface area contributed by atoms with Gasteiger partial charge in [-0.3, -0.25) is 20.2 Å². The number of pyridine rings is 1. The molecule has 0 radical (unpaired) electrons. The lowest BCUT2D eigenvalue weighted by atomic mass is 10.1. The fourth-order valence-corrected chi connectivity index (χ4v) is 2.13. The van der Waals surface area contributed by atoms with Crippen LogP contribution in [0.5, 0.6) is 0 Å². The summed E-state index contributed by atoms with van der Waals surface area (Å²) in [5.41, 5.74) is 7.44. The van der Waals surface area contributed by atoms with Crippen LogP contribution < -0.4 is 11.1 Å². The lowest BCUT2D eigenvalue weighted by Crippen LogP contribution is -2.04. The number of nitro benzene ring substituents is 1. The zero-order valence-electron chi connectivity index (χ0n) is 10.9. The Morgan fingerprint density at radius 2 is 2.24 bits per heavy atom. The van der Waals surface area contributed by atoms with Gasteiger partial charge in [-0.05, 0) is 24.3 Å². The number of aromatic amines is 1. The first kappa shape index (κ1) is 12.9. The van der Waals surface area contributed by atoms with E-state index in [0.717, 1.165) is 5.56 Å². The van der Waals surface area contributed by atoms with Crippen molar-refractivity contribution >= 4 is 28.1 Å². The van der Waals surface area contributed by atoms with E-state index in [-0.39, 0.29) is 5.69 Å². The van der Waals surface area contributed by atoms with Crippen molar-refractivity contribution in [2.45, 2.75) is 6.54 Å². The van der Waals surface area contributed by atoms with Crippen LogP contribution in [-0.2, 0) is 6.54 Å². The average Bonchev–Trinajstić information content (AvgIpc) is 2.89. The summed E-state index contributed by atoms with van der Waals surface area (Å²) in [7, 11) is 0. The molecule has 106 valence electrons. The van der Waals surface area contributed by atoms with E-state index in [2.05, 4.69) is 20.5 Å². The van der Waals surface area contributed by atoms with E-state index in [0.29, 0.717) is 29.0 Å². The van der Waals surface area contributed by atoms with Gasteiger partial charge in [0.25, 0.3) is 0 Å². The largest absolute Gasteiger partial charge is 0.384 e. The summed E-state index contributed by atoms with van der Waals surface area (Å²) >= 11 is 0. The number of nitrogen functional groups attached to an aromatic ring is 1. The smallest absolute Gasteiger partial charge is 0.301 e. The third-order valence-corrected chi connectivity index (χ3v) is 3.16. The molecule has 0 bridgehead atoms. The van der Waals surface area contributed by atoms with E-state index < -0.39 is 4.92 Å². The van der Waals surface area contributed by atoms with Crippen molar-refractivity contribution in [2.75, 3.05) is 11.1 Å². The minimum Gasteiger partial charge on any atom is -0.384 e. The van der Waals surface area contributed by atoms with Crippen molar-refractivity contribution in [1.82, 2.24) is 15.2 Å². The predicted molar refractivity (Wildman–Crippen MR) is 78.7 cm³/mol. The minimum atomic E-state index is -0.412. The van der Waals surface area contributed by atoms with Crippen molar-refractivity contribution in [3.05, 3.63) is 52.3 Å². The molecule has 0 atom stereocenters. The molecule has 1 aromatic carbocycles. The third-order valence-electron chi connectivity index (χ3n) is 3.16. The van der Waals surface area contributed by atoms with E-state index in [1.807, 2.05) is 0 Å². The summed E-state index contributed by atoms with van der Waals surface area (Å²) in [6.07, 6.45) is 3.18. The molecule has 0 aliphatic rings. The fourth-order valence-electron chi connectivity index (χ4n) is 2.13.